The average Bonchev–Trinajstić information content (AvgIpc) is 3.23. The predicted molar refractivity (Wildman–Crippen MR) is 121 cm³/mol. The van der Waals surface area contributed by atoms with E-state index in [2.05, 4.69) is 21.0 Å². The highest BCUT2D eigenvalue weighted by Crippen LogP contribution is 2.16. The lowest BCUT2D eigenvalue weighted by atomic mass is 10.2. The maximum Gasteiger partial charge on any atom is 0.323 e. The topological polar surface area (TPSA) is 88.1 Å². The Bertz CT molecular complexity index is 1170. The van der Waals surface area contributed by atoms with E-state index in [1.165, 1.54) is 0 Å². The molecule has 3 amide bonds. The zero-order chi connectivity index (χ0) is 21.5. The second-order valence-electron chi connectivity index (χ2n) is 6.88. The van der Waals surface area contributed by atoms with Crippen LogP contribution in [0.25, 0.3) is 5.69 Å². The summed E-state index contributed by atoms with van der Waals surface area (Å²) in [7, 11) is 0. The maximum atomic E-state index is 12.5. The van der Waals surface area contributed by atoms with Gasteiger partial charge in [-0.05, 0) is 48.0 Å². The van der Waals surface area contributed by atoms with Crippen LogP contribution in [0.4, 0.5) is 21.9 Å². The van der Waals surface area contributed by atoms with Crippen LogP contribution in [0.3, 0.4) is 0 Å². The number of carbonyl (C=O) groups is 2. The van der Waals surface area contributed by atoms with Gasteiger partial charge in [0.25, 0.3) is 0 Å². The molecule has 0 aliphatic rings. The monoisotopic (exact) mass is 411 g/mol. The summed E-state index contributed by atoms with van der Waals surface area (Å²) in [5, 5.41) is 12.7. The van der Waals surface area contributed by atoms with Crippen LogP contribution in [0.1, 0.15) is 5.56 Å². The molecule has 4 rings (SSSR count). The average molecular weight is 411 g/mol. The van der Waals surface area contributed by atoms with Gasteiger partial charge in [0.2, 0.25) is 5.91 Å². The van der Waals surface area contributed by atoms with E-state index in [0.717, 1.165) is 11.3 Å². The van der Waals surface area contributed by atoms with Crippen LogP contribution in [-0.4, -0.2) is 21.7 Å². The predicted octanol–water partition coefficient (Wildman–Crippen LogP) is 4.70. The van der Waals surface area contributed by atoms with E-state index < -0.39 is 0 Å². The van der Waals surface area contributed by atoms with Gasteiger partial charge in [0.1, 0.15) is 0 Å². The largest absolute Gasteiger partial charge is 0.326 e. The molecule has 0 bridgehead atoms. The SMILES string of the molecule is O=C(Cc1cnn(-c2ccccc2)c1)Nc1cccc(NC(=O)Nc2ccccc2)c1. The molecule has 1 heterocycles. The molecule has 0 saturated carbocycles. The fourth-order valence-corrected chi connectivity index (χ4v) is 3.05. The summed E-state index contributed by atoms with van der Waals surface area (Å²) in [6, 6.07) is 25.5. The van der Waals surface area contributed by atoms with Gasteiger partial charge in [-0.2, -0.15) is 5.10 Å². The van der Waals surface area contributed by atoms with Crippen molar-refractivity contribution < 1.29 is 9.59 Å². The van der Waals surface area contributed by atoms with Crippen LogP contribution in [0.2, 0.25) is 0 Å². The van der Waals surface area contributed by atoms with Crippen molar-refractivity contribution in [2.24, 2.45) is 0 Å². The molecule has 0 aliphatic carbocycles. The van der Waals surface area contributed by atoms with Crippen molar-refractivity contribution in [3.63, 3.8) is 0 Å². The van der Waals surface area contributed by atoms with E-state index in [-0.39, 0.29) is 18.4 Å². The molecule has 0 atom stereocenters. The number of benzene rings is 3. The standard InChI is InChI=1S/C24H21N5O2/c30-23(14-18-16-25-29(17-18)22-12-5-2-6-13-22)26-20-10-7-11-21(15-20)28-24(31)27-19-8-3-1-4-9-19/h1-13,15-17H,14H2,(H,26,30)(H2,27,28,31). The molecule has 0 saturated heterocycles. The van der Waals surface area contributed by atoms with Gasteiger partial charge in [0, 0.05) is 23.3 Å². The lowest BCUT2D eigenvalue weighted by molar-refractivity contribution is -0.115. The van der Waals surface area contributed by atoms with E-state index in [0.29, 0.717) is 17.1 Å². The molecule has 4 aromatic rings. The maximum absolute atomic E-state index is 12.5. The summed E-state index contributed by atoms with van der Waals surface area (Å²) in [6.07, 6.45) is 3.71. The number of hydrogen-bond acceptors (Lipinski definition) is 3. The Hall–Kier alpha value is -4.39. The van der Waals surface area contributed by atoms with Gasteiger partial charge in [0.05, 0.1) is 18.3 Å². The molecule has 0 radical (unpaired) electrons. The lowest BCUT2D eigenvalue weighted by Gasteiger charge is -2.10. The van der Waals surface area contributed by atoms with Gasteiger partial charge in [-0.25, -0.2) is 9.48 Å². The Morgan fingerprint density at radius 1 is 0.742 bits per heavy atom. The minimum absolute atomic E-state index is 0.168. The molecule has 31 heavy (non-hydrogen) atoms. The highest BCUT2D eigenvalue weighted by atomic mass is 16.2. The fraction of sp³-hybridized carbons (Fsp3) is 0.0417. The number of aromatic nitrogens is 2. The first-order valence-electron chi connectivity index (χ1n) is 9.78. The molecule has 7 nitrogen and oxygen atoms in total. The second kappa shape index (κ2) is 9.41. The van der Waals surface area contributed by atoms with E-state index in [9.17, 15) is 9.59 Å². The van der Waals surface area contributed by atoms with Crippen LogP contribution in [0.5, 0.6) is 0 Å². The zero-order valence-corrected chi connectivity index (χ0v) is 16.7. The number of nitrogens with one attached hydrogen (secondary N) is 3. The van der Waals surface area contributed by atoms with Crippen LogP contribution in [0, 0.1) is 0 Å². The summed E-state index contributed by atoms with van der Waals surface area (Å²) < 4.78 is 1.73. The third-order valence-corrected chi connectivity index (χ3v) is 4.46. The van der Waals surface area contributed by atoms with E-state index in [1.54, 1.807) is 47.3 Å². The summed E-state index contributed by atoms with van der Waals surface area (Å²) >= 11 is 0. The Morgan fingerprint density at radius 3 is 2.10 bits per heavy atom. The number of nitrogens with zero attached hydrogens (tertiary/aromatic N) is 2. The van der Waals surface area contributed by atoms with Crippen molar-refractivity contribution in [2.75, 3.05) is 16.0 Å². The Labute approximate surface area is 179 Å². The molecule has 0 spiro atoms. The van der Waals surface area contributed by atoms with Crippen molar-refractivity contribution in [1.82, 2.24) is 9.78 Å². The molecule has 154 valence electrons. The van der Waals surface area contributed by atoms with Crippen molar-refractivity contribution in [1.29, 1.82) is 0 Å². The minimum Gasteiger partial charge on any atom is -0.326 e. The van der Waals surface area contributed by atoms with Crippen molar-refractivity contribution in [3.8, 4) is 5.69 Å². The van der Waals surface area contributed by atoms with Crippen LogP contribution in [-0.2, 0) is 11.2 Å². The first kappa shape index (κ1) is 19.9. The lowest BCUT2D eigenvalue weighted by Crippen LogP contribution is -2.19. The first-order valence-corrected chi connectivity index (χ1v) is 9.78. The molecular formula is C24H21N5O2. The van der Waals surface area contributed by atoms with Gasteiger partial charge < -0.3 is 16.0 Å². The van der Waals surface area contributed by atoms with E-state index >= 15 is 0 Å². The number of anilines is 3. The highest BCUT2D eigenvalue weighted by Gasteiger charge is 2.09. The molecule has 0 unspecified atom stereocenters. The van der Waals surface area contributed by atoms with E-state index in [1.807, 2.05) is 54.7 Å². The quantitative estimate of drug-likeness (QED) is 0.430. The molecular weight excluding hydrogens is 390 g/mol. The molecule has 7 heteroatoms. The third kappa shape index (κ3) is 5.57. The number of amides is 3. The Kier molecular flexibility index (Phi) is 6.04. The van der Waals surface area contributed by atoms with Gasteiger partial charge in [-0.3, -0.25) is 4.79 Å². The van der Waals surface area contributed by atoms with Crippen LogP contribution < -0.4 is 16.0 Å². The van der Waals surface area contributed by atoms with Crippen LogP contribution >= 0.6 is 0 Å². The van der Waals surface area contributed by atoms with Crippen molar-refractivity contribution in [3.05, 3.63) is 103 Å². The van der Waals surface area contributed by atoms with Crippen LogP contribution in [0.15, 0.2) is 97.3 Å². The summed E-state index contributed by atoms with van der Waals surface area (Å²) in [5.41, 5.74) is 3.60. The van der Waals surface area contributed by atoms with Gasteiger partial charge in [-0.15, -0.1) is 0 Å². The summed E-state index contributed by atoms with van der Waals surface area (Å²) in [6.45, 7) is 0. The summed E-state index contributed by atoms with van der Waals surface area (Å²) in [5.74, 6) is -0.168. The summed E-state index contributed by atoms with van der Waals surface area (Å²) in [4.78, 5) is 24.6. The highest BCUT2D eigenvalue weighted by molar-refractivity contribution is 6.00. The molecule has 3 aromatic carbocycles. The minimum atomic E-state index is -0.358. The number of urea groups is 1. The van der Waals surface area contributed by atoms with Gasteiger partial charge in [-0.1, -0.05) is 42.5 Å². The van der Waals surface area contributed by atoms with Gasteiger partial charge >= 0.3 is 6.03 Å². The first-order chi connectivity index (χ1) is 15.2. The van der Waals surface area contributed by atoms with E-state index in [4.69, 9.17) is 0 Å². The molecule has 1 aromatic heterocycles. The normalized spacial score (nSPS) is 10.3. The fourth-order valence-electron chi connectivity index (χ4n) is 3.05. The molecule has 0 aliphatic heterocycles. The Balaban J connectivity index is 1.34. The molecule has 3 N–H and O–H groups in total. The van der Waals surface area contributed by atoms with Gasteiger partial charge in [0.15, 0.2) is 0 Å². The Morgan fingerprint density at radius 2 is 1.35 bits per heavy atom. The smallest absolute Gasteiger partial charge is 0.323 e. The number of carbonyl (C=O) groups excluding carboxylic acids is 2. The number of para-hydroxylation sites is 2. The second-order valence-corrected chi connectivity index (χ2v) is 6.88. The third-order valence-electron chi connectivity index (χ3n) is 4.46. The van der Waals surface area contributed by atoms with Crippen molar-refractivity contribution >= 4 is 29.0 Å². The molecule has 0 fully saturated rings. The number of rotatable bonds is 6. The number of hydrogen-bond donors (Lipinski definition) is 3. The van der Waals surface area contributed by atoms with Crippen molar-refractivity contribution in [2.45, 2.75) is 6.42 Å². The zero-order valence-electron chi connectivity index (χ0n) is 16.7.